The number of nitrogens with one attached hydrogen (secondary N) is 1. The molecule has 8 nitrogen and oxygen atoms in total. The third kappa shape index (κ3) is 5.44. The fraction of sp³-hybridized carbons (Fsp3) is 0.107. The van der Waals surface area contributed by atoms with E-state index in [1.54, 1.807) is 31.3 Å². The van der Waals surface area contributed by atoms with Gasteiger partial charge in [-0.2, -0.15) is 0 Å². The Kier molecular flexibility index (Phi) is 6.48. The number of amides is 1. The molecule has 2 N–H and O–H groups in total. The number of rotatable bonds is 8. The number of carboxylic acid groups (broad SMARTS) is 1. The Bertz CT molecular complexity index is 1480. The zero-order chi connectivity index (χ0) is 24.9. The van der Waals surface area contributed by atoms with Gasteiger partial charge in [0.15, 0.2) is 5.58 Å². The lowest BCUT2D eigenvalue weighted by Gasteiger charge is -2.10. The molecule has 180 valence electrons. The maximum Gasteiger partial charge on any atom is 0.405 e. The van der Waals surface area contributed by atoms with Gasteiger partial charge in [-0.3, -0.25) is 0 Å². The van der Waals surface area contributed by atoms with E-state index in [1.165, 1.54) is 0 Å². The number of hydrogen-bond donors (Lipinski definition) is 2. The molecule has 1 unspecified atom stereocenters. The molecule has 2 aromatic heterocycles. The van der Waals surface area contributed by atoms with Crippen molar-refractivity contribution < 1.29 is 23.8 Å². The number of nitrogens with zero attached hydrogens (tertiary/aromatic N) is 2. The van der Waals surface area contributed by atoms with E-state index < -0.39 is 6.09 Å². The van der Waals surface area contributed by atoms with Gasteiger partial charge in [-0.25, -0.2) is 14.8 Å². The first-order chi connectivity index (χ1) is 17.5. The number of oxazole rings is 1. The van der Waals surface area contributed by atoms with Crippen molar-refractivity contribution in [3.63, 3.8) is 0 Å². The molecule has 5 aromatic rings. The molecule has 8 heteroatoms. The first-order valence-corrected chi connectivity index (χ1v) is 11.3. The second-order valence-electron chi connectivity index (χ2n) is 8.15. The van der Waals surface area contributed by atoms with E-state index in [-0.39, 0.29) is 6.04 Å². The number of ether oxygens (including phenoxy) is 2. The zero-order valence-corrected chi connectivity index (χ0v) is 19.4. The summed E-state index contributed by atoms with van der Waals surface area (Å²) >= 11 is 0. The van der Waals surface area contributed by atoms with Crippen LogP contribution >= 0.6 is 0 Å². The molecule has 0 aliphatic carbocycles. The molecule has 0 radical (unpaired) electrons. The van der Waals surface area contributed by atoms with Gasteiger partial charge in [-0.15, -0.1) is 0 Å². The lowest BCUT2D eigenvalue weighted by molar-refractivity contribution is 0.191. The van der Waals surface area contributed by atoms with E-state index in [0.717, 1.165) is 11.1 Å². The van der Waals surface area contributed by atoms with Crippen LogP contribution in [0, 0.1) is 0 Å². The fourth-order valence-electron chi connectivity index (χ4n) is 3.66. The van der Waals surface area contributed by atoms with Crippen molar-refractivity contribution in [1.82, 2.24) is 15.3 Å². The summed E-state index contributed by atoms with van der Waals surface area (Å²) in [5.41, 5.74) is 3.79. The lowest BCUT2D eigenvalue weighted by Crippen LogP contribution is -2.24. The second-order valence-corrected chi connectivity index (χ2v) is 8.15. The average Bonchev–Trinajstić information content (AvgIpc) is 3.32. The molecule has 1 amide bonds. The molecule has 0 fully saturated rings. The topological polar surface area (TPSA) is 107 Å². The number of hydrogen-bond acceptors (Lipinski definition) is 6. The summed E-state index contributed by atoms with van der Waals surface area (Å²) in [6, 6.07) is 25.9. The zero-order valence-electron chi connectivity index (χ0n) is 19.4. The van der Waals surface area contributed by atoms with Gasteiger partial charge in [0.25, 0.3) is 0 Å². The highest BCUT2D eigenvalue weighted by Crippen LogP contribution is 2.29. The Balaban J connectivity index is 1.26. The number of benzene rings is 3. The standard InChI is InChI=1S/C28H23N3O5/c1-18(30-28(32)33)20-10-12-24-25(14-20)36-27(31-24)21-11-13-26(29-16-21)35-23-9-5-8-22(15-23)34-17-19-6-3-2-4-7-19/h2-16,18,30H,17H2,1H3,(H,32,33). The lowest BCUT2D eigenvalue weighted by atomic mass is 10.1. The molecule has 2 heterocycles. The summed E-state index contributed by atoms with van der Waals surface area (Å²) in [5.74, 6) is 2.15. The first-order valence-electron chi connectivity index (χ1n) is 11.3. The maximum absolute atomic E-state index is 10.9. The predicted molar refractivity (Wildman–Crippen MR) is 134 cm³/mol. The number of pyridine rings is 1. The van der Waals surface area contributed by atoms with E-state index in [0.29, 0.717) is 46.5 Å². The summed E-state index contributed by atoms with van der Waals surface area (Å²) in [5, 5.41) is 11.4. The quantitative estimate of drug-likeness (QED) is 0.257. The van der Waals surface area contributed by atoms with Gasteiger partial charge < -0.3 is 24.3 Å². The average molecular weight is 482 g/mol. The van der Waals surface area contributed by atoms with Crippen molar-refractivity contribution in [2.24, 2.45) is 0 Å². The van der Waals surface area contributed by atoms with Crippen LogP contribution in [-0.4, -0.2) is 21.2 Å². The Morgan fingerprint density at radius 2 is 1.83 bits per heavy atom. The summed E-state index contributed by atoms with van der Waals surface area (Å²) in [7, 11) is 0. The normalized spacial score (nSPS) is 11.7. The van der Waals surface area contributed by atoms with E-state index in [4.69, 9.17) is 19.0 Å². The molecule has 5 rings (SSSR count). The Morgan fingerprint density at radius 3 is 2.61 bits per heavy atom. The van der Waals surface area contributed by atoms with E-state index in [9.17, 15) is 4.79 Å². The fourth-order valence-corrected chi connectivity index (χ4v) is 3.66. The van der Waals surface area contributed by atoms with Crippen molar-refractivity contribution in [3.8, 4) is 28.8 Å². The second kappa shape index (κ2) is 10.2. The molecule has 0 bridgehead atoms. The highest BCUT2D eigenvalue weighted by atomic mass is 16.5. The van der Waals surface area contributed by atoms with E-state index in [1.807, 2.05) is 66.7 Å². The summed E-state index contributed by atoms with van der Waals surface area (Å²) in [6.07, 6.45) is 0.548. The molecule has 0 saturated carbocycles. The minimum Gasteiger partial charge on any atom is -0.489 e. The smallest absolute Gasteiger partial charge is 0.405 e. The highest BCUT2D eigenvalue weighted by Gasteiger charge is 2.13. The van der Waals surface area contributed by atoms with Crippen molar-refractivity contribution >= 4 is 17.2 Å². The van der Waals surface area contributed by atoms with Gasteiger partial charge >= 0.3 is 6.09 Å². The van der Waals surface area contributed by atoms with Crippen LogP contribution in [-0.2, 0) is 6.61 Å². The van der Waals surface area contributed by atoms with Gasteiger partial charge in [0.2, 0.25) is 11.8 Å². The largest absolute Gasteiger partial charge is 0.489 e. The highest BCUT2D eigenvalue weighted by molar-refractivity contribution is 5.77. The van der Waals surface area contributed by atoms with Crippen LogP contribution in [0.2, 0.25) is 0 Å². The predicted octanol–water partition coefficient (Wildman–Crippen LogP) is 6.59. The first kappa shape index (κ1) is 22.9. The number of fused-ring (bicyclic) bond motifs is 1. The van der Waals surface area contributed by atoms with E-state index >= 15 is 0 Å². The summed E-state index contributed by atoms with van der Waals surface area (Å²) < 4.78 is 17.7. The van der Waals surface area contributed by atoms with Crippen molar-refractivity contribution in [1.29, 1.82) is 0 Å². The number of aromatic nitrogens is 2. The Hall–Kier alpha value is -4.85. The molecule has 36 heavy (non-hydrogen) atoms. The molecular formula is C28H23N3O5. The minimum absolute atomic E-state index is 0.374. The molecule has 0 aliphatic rings. The molecule has 3 aromatic carbocycles. The third-order valence-corrected chi connectivity index (χ3v) is 5.51. The van der Waals surface area contributed by atoms with Crippen molar-refractivity contribution in [3.05, 3.63) is 102 Å². The molecular weight excluding hydrogens is 458 g/mol. The van der Waals surface area contributed by atoms with Crippen LogP contribution in [0.25, 0.3) is 22.6 Å². The van der Waals surface area contributed by atoms with Crippen LogP contribution in [0.4, 0.5) is 4.79 Å². The molecule has 0 saturated heterocycles. The van der Waals surface area contributed by atoms with Crippen LogP contribution < -0.4 is 14.8 Å². The molecule has 0 aliphatic heterocycles. The Labute approximate surface area is 207 Å². The van der Waals surface area contributed by atoms with E-state index in [2.05, 4.69) is 15.3 Å². The maximum atomic E-state index is 10.9. The Morgan fingerprint density at radius 1 is 1.00 bits per heavy atom. The van der Waals surface area contributed by atoms with Crippen molar-refractivity contribution in [2.45, 2.75) is 19.6 Å². The van der Waals surface area contributed by atoms with Gasteiger partial charge in [-0.05, 0) is 48.4 Å². The summed E-state index contributed by atoms with van der Waals surface area (Å²) in [4.78, 5) is 19.8. The minimum atomic E-state index is -1.08. The van der Waals surface area contributed by atoms with Crippen LogP contribution in [0.15, 0.2) is 95.5 Å². The monoisotopic (exact) mass is 481 g/mol. The molecule has 1 atom stereocenters. The van der Waals surface area contributed by atoms with Crippen molar-refractivity contribution in [2.75, 3.05) is 0 Å². The number of carbonyl (C=O) groups is 1. The SMILES string of the molecule is CC(NC(=O)O)c1ccc2nc(-c3ccc(Oc4cccc(OCc5ccccc5)c4)nc3)oc2c1. The van der Waals surface area contributed by atoms with Gasteiger partial charge in [0.1, 0.15) is 23.6 Å². The molecule has 0 spiro atoms. The van der Waals surface area contributed by atoms with Gasteiger partial charge in [-0.1, -0.05) is 42.5 Å². The van der Waals surface area contributed by atoms with Gasteiger partial charge in [0, 0.05) is 18.3 Å². The van der Waals surface area contributed by atoms with Crippen LogP contribution in [0.1, 0.15) is 24.1 Å². The summed E-state index contributed by atoms with van der Waals surface area (Å²) in [6.45, 7) is 2.23. The van der Waals surface area contributed by atoms with Gasteiger partial charge in [0.05, 0.1) is 11.6 Å². The third-order valence-electron chi connectivity index (χ3n) is 5.51. The van der Waals surface area contributed by atoms with Crippen LogP contribution in [0.3, 0.4) is 0 Å². The van der Waals surface area contributed by atoms with Crippen LogP contribution in [0.5, 0.6) is 17.4 Å².